The predicted octanol–water partition coefficient (Wildman–Crippen LogP) is 13.0. The lowest BCUT2D eigenvalue weighted by Crippen LogP contribution is -2.11. The van der Waals surface area contributed by atoms with E-state index in [0.29, 0.717) is 0 Å². The SMILES string of the molecule is c1ccc(-c2ccc(-c3ccccc3-c3ccccc3)c(-c3ccccc3N(c3ccccc3)c3ccc4ccccc4c3)c2)cc1. The van der Waals surface area contributed by atoms with Crippen molar-refractivity contribution < 1.29 is 0 Å². The maximum Gasteiger partial charge on any atom is 0.0540 e. The topological polar surface area (TPSA) is 3.24 Å². The fraction of sp³-hybridized carbons (Fsp3) is 0. The zero-order valence-corrected chi connectivity index (χ0v) is 26.0. The van der Waals surface area contributed by atoms with Crippen molar-refractivity contribution >= 4 is 27.8 Å². The normalized spacial score (nSPS) is 11.0. The number of anilines is 3. The van der Waals surface area contributed by atoms with Crippen LogP contribution >= 0.6 is 0 Å². The van der Waals surface area contributed by atoms with E-state index in [0.717, 1.165) is 17.1 Å². The first-order valence-corrected chi connectivity index (χ1v) is 16.1. The molecular formula is C46H33N. The fourth-order valence-electron chi connectivity index (χ4n) is 6.62. The molecular weight excluding hydrogens is 567 g/mol. The van der Waals surface area contributed by atoms with Gasteiger partial charge in [-0.2, -0.15) is 0 Å². The summed E-state index contributed by atoms with van der Waals surface area (Å²) in [6, 6.07) is 71.9. The number of nitrogens with zero attached hydrogens (tertiary/aromatic N) is 1. The van der Waals surface area contributed by atoms with Crippen LogP contribution in [0.5, 0.6) is 0 Å². The maximum absolute atomic E-state index is 2.39. The molecule has 0 aliphatic heterocycles. The third-order valence-corrected chi connectivity index (χ3v) is 8.87. The standard InChI is InChI=1S/C46H33N/c1-4-16-34(17-5-1)38-29-31-43(42-25-13-12-24-41(42)36-19-6-2-7-20-36)45(33-38)44-26-14-15-27-46(44)47(39-22-8-3-9-23-39)40-30-28-35-18-10-11-21-37(35)32-40/h1-33H. The Morgan fingerprint density at radius 3 is 1.55 bits per heavy atom. The Balaban J connectivity index is 1.39. The molecule has 0 spiro atoms. The summed E-state index contributed by atoms with van der Waals surface area (Å²) >= 11 is 0. The van der Waals surface area contributed by atoms with Gasteiger partial charge in [0.2, 0.25) is 0 Å². The molecule has 0 amide bonds. The molecule has 0 saturated carbocycles. The summed E-state index contributed by atoms with van der Waals surface area (Å²) in [4.78, 5) is 2.39. The molecule has 0 atom stereocenters. The first kappa shape index (κ1) is 28.3. The van der Waals surface area contributed by atoms with Gasteiger partial charge in [0.05, 0.1) is 5.69 Å². The van der Waals surface area contributed by atoms with Crippen molar-refractivity contribution in [1.29, 1.82) is 0 Å². The summed E-state index contributed by atoms with van der Waals surface area (Å²) in [5.74, 6) is 0. The van der Waals surface area contributed by atoms with Crippen LogP contribution in [0.15, 0.2) is 200 Å². The van der Waals surface area contributed by atoms with Gasteiger partial charge in [-0.1, -0.05) is 164 Å². The number of benzene rings is 8. The van der Waals surface area contributed by atoms with Gasteiger partial charge in [0.15, 0.2) is 0 Å². The van der Waals surface area contributed by atoms with Crippen LogP contribution in [0.1, 0.15) is 0 Å². The first-order chi connectivity index (χ1) is 23.3. The Bertz CT molecular complexity index is 2290. The third-order valence-electron chi connectivity index (χ3n) is 8.87. The number of hydrogen-bond acceptors (Lipinski definition) is 1. The number of hydrogen-bond donors (Lipinski definition) is 0. The lowest BCUT2D eigenvalue weighted by atomic mass is 9.86. The largest absolute Gasteiger partial charge is 0.310 e. The molecule has 0 aliphatic carbocycles. The van der Waals surface area contributed by atoms with Crippen LogP contribution in [0, 0.1) is 0 Å². The van der Waals surface area contributed by atoms with Crippen LogP contribution in [-0.2, 0) is 0 Å². The van der Waals surface area contributed by atoms with Crippen LogP contribution in [0.4, 0.5) is 17.1 Å². The highest BCUT2D eigenvalue weighted by atomic mass is 15.1. The van der Waals surface area contributed by atoms with E-state index in [1.807, 2.05) is 0 Å². The lowest BCUT2D eigenvalue weighted by Gasteiger charge is -2.29. The van der Waals surface area contributed by atoms with E-state index in [1.165, 1.54) is 55.3 Å². The van der Waals surface area contributed by atoms with Crippen molar-refractivity contribution in [3.8, 4) is 44.5 Å². The Hall–Kier alpha value is -6.18. The summed E-state index contributed by atoms with van der Waals surface area (Å²) in [5, 5.41) is 2.44. The summed E-state index contributed by atoms with van der Waals surface area (Å²) in [6.45, 7) is 0. The molecule has 1 nitrogen and oxygen atoms in total. The highest BCUT2D eigenvalue weighted by molar-refractivity contribution is 5.99. The van der Waals surface area contributed by atoms with E-state index in [4.69, 9.17) is 0 Å². The zero-order valence-electron chi connectivity index (χ0n) is 26.0. The molecule has 0 unspecified atom stereocenters. The average molecular weight is 600 g/mol. The van der Waals surface area contributed by atoms with Crippen LogP contribution in [0.2, 0.25) is 0 Å². The molecule has 0 saturated heterocycles. The van der Waals surface area contributed by atoms with E-state index in [1.54, 1.807) is 0 Å². The Morgan fingerprint density at radius 2 is 0.809 bits per heavy atom. The van der Waals surface area contributed by atoms with E-state index in [-0.39, 0.29) is 0 Å². The van der Waals surface area contributed by atoms with E-state index >= 15 is 0 Å². The third kappa shape index (κ3) is 5.60. The molecule has 8 aromatic carbocycles. The van der Waals surface area contributed by atoms with E-state index < -0.39 is 0 Å². The van der Waals surface area contributed by atoms with Gasteiger partial charge in [-0.15, -0.1) is 0 Å². The van der Waals surface area contributed by atoms with Gasteiger partial charge < -0.3 is 4.90 Å². The minimum Gasteiger partial charge on any atom is -0.310 e. The van der Waals surface area contributed by atoms with Crippen LogP contribution in [0.25, 0.3) is 55.3 Å². The summed E-state index contributed by atoms with van der Waals surface area (Å²) in [7, 11) is 0. The molecule has 0 aliphatic rings. The zero-order chi connectivity index (χ0) is 31.4. The van der Waals surface area contributed by atoms with Crippen molar-refractivity contribution in [3.63, 3.8) is 0 Å². The smallest absolute Gasteiger partial charge is 0.0540 e. The second-order valence-corrected chi connectivity index (χ2v) is 11.8. The lowest BCUT2D eigenvalue weighted by molar-refractivity contribution is 1.29. The average Bonchev–Trinajstić information content (AvgIpc) is 3.16. The van der Waals surface area contributed by atoms with Gasteiger partial charge in [0, 0.05) is 16.9 Å². The van der Waals surface area contributed by atoms with Gasteiger partial charge in [-0.25, -0.2) is 0 Å². The summed E-state index contributed by atoms with van der Waals surface area (Å²) < 4.78 is 0. The molecule has 0 N–H and O–H groups in total. The Labute approximate surface area is 276 Å². The highest BCUT2D eigenvalue weighted by Crippen LogP contribution is 2.46. The second-order valence-electron chi connectivity index (χ2n) is 11.8. The maximum atomic E-state index is 2.39. The molecule has 0 fully saturated rings. The van der Waals surface area contributed by atoms with Crippen LogP contribution in [0.3, 0.4) is 0 Å². The van der Waals surface area contributed by atoms with E-state index in [2.05, 4.69) is 205 Å². The summed E-state index contributed by atoms with van der Waals surface area (Å²) in [5.41, 5.74) is 12.9. The molecule has 0 aromatic heterocycles. The van der Waals surface area contributed by atoms with Crippen LogP contribution < -0.4 is 4.90 Å². The fourth-order valence-corrected chi connectivity index (χ4v) is 6.62. The summed E-state index contributed by atoms with van der Waals surface area (Å²) in [6.07, 6.45) is 0. The number of rotatable bonds is 7. The molecule has 47 heavy (non-hydrogen) atoms. The first-order valence-electron chi connectivity index (χ1n) is 16.1. The van der Waals surface area contributed by atoms with Gasteiger partial charge >= 0.3 is 0 Å². The Morgan fingerprint density at radius 1 is 0.255 bits per heavy atom. The van der Waals surface area contributed by atoms with Crippen molar-refractivity contribution in [2.45, 2.75) is 0 Å². The van der Waals surface area contributed by atoms with Crippen molar-refractivity contribution in [2.24, 2.45) is 0 Å². The van der Waals surface area contributed by atoms with Gasteiger partial charge in [-0.3, -0.25) is 0 Å². The number of para-hydroxylation sites is 2. The molecule has 8 aromatic rings. The quantitative estimate of drug-likeness (QED) is 0.176. The highest BCUT2D eigenvalue weighted by Gasteiger charge is 2.21. The number of fused-ring (bicyclic) bond motifs is 1. The van der Waals surface area contributed by atoms with Crippen molar-refractivity contribution in [2.75, 3.05) is 4.90 Å². The van der Waals surface area contributed by atoms with Gasteiger partial charge in [0.1, 0.15) is 0 Å². The Kier molecular flexibility index (Phi) is 7.63. The van der Waals surface area contributed by atoms with E-state index in [9.17, 15) is 0 Å². The predicted molar refractivity (Wildman–Crippen MR) is 200 cm³/mol. The minimum absolute atomic E-state index is 1.11. The molecule has 0 heterocycles. The monoisotopic (exact) mass is 599 g/mol. The van der Waals surface area contributed by atoms with Crippen molar-refractivity contribution in [3.05, 3.63) is 200 Å². The van der Waals surface area contributed by atoms with Gasteiger partial charge in [0.25, 0.3) is 0 Å². The molecule has 222 valence electrons. The molecule has 8 rings (SSSR count). The second kappa shape index (κ2) is 12.7. The molecule has 0 bridgehead atoms. The van der Waals surface area contributed by atoms with Crippen molar-refractivity contribution in [1.82, 2.24) is 0 Å². The van der Waals surface area contributed by atoms with Crippen LogP contribution in [-0.4, -0.2) is 0 Å². The van der Waals surface area contributed by atoms with Gasteiger partial charge in [-0.05, 0) is 86.1 Å². The minimum atomic E-state index is 1.11. The molecule has 1 heteroatoms. The molecule has 0 radical (unpaired) electrons.